The van der Waals surface area contributed by atoms with Crippen molar-refractivity contribution in [2.75, 3.05) is 0 Å². The van der Waals surface area contributed by atoms with Crippen LogP contribution in [-0.4, -0.2) is 24.4 Å². The molecular formula is C4H6F3NaO3S. The fourth-order valence-corrected chi connectivity index (χ4v) is 0.874. The van der Waals surface area contributed by atoms with Crippen molar-refractivity contribution in [3.05, 3.63) is 0 Å². The summed E-state index contributed by atoms with van der Waals surface area (Å²) < 4.78 is 65.3. The maximum atomic E-state index is 12.1. The van der Waals surface area contributed by atoms with Crippen LogP contribution >= 0.6 is 0 Å². The second-order valence-corrected chi connectivity index (χ2v) is 3.34. The van der Waals surface area contributed by atoms with E-state index in [-0.39, 0.29) is 29.6 Å². The van der Waals surface area contributed by atoms with Crippen LogP contribution in [0.4, 0.5) is 13.2 Å². The SMILES string of the molecule is CCC(F)C(F)(F)S(=O)(=O)[O-].[Na+]. The van der Waals surface area contributed by atoms with Crippen LogP contribution in [0.1, 0.15) is 13.3 Å². The zero-order chi connectivity index (χ0) is 9.28. The molecule has 0 fully saturated rings. The molecule has 0 aromatic heterocycles. The molecule has 12 heavy (non-hydrogen) atoms. The van der Waals surface area contributed by atoms with Crippen LogP contribution in [0, 0.1) is 0 Å². The second kappa shape index (κ2) is 4.80. The van der Waals surface area contributed by atoms with E-state index in [0.717, 1.165) is 6.92 Å². The number of hydrogen-bond donors (Lipinski definition) is 0. The average Bonchev–Trinajstić information content (AvgIpc) is 1.83. The van der Waals surface area contributed by atoms with Gasteiger partial charge in [0.15, 0.2) is 16.3 Å². The van der Waals surface area contributed by atoms with Gasteiger partial charge in [-0.15, -0.1) is 0 Å². The van der Waals surface area contributed by atoms with Gasteiger partial charge in [-0.2, -0.15) is 8.78 Å². The number of hydrogen-bond acceptors (Lipinski definition) is 3. The molecule has 0 aliphatic heterocycles. The first-order valence-corrected chi connectivity index (χ1v) is 4.11. The molecule has 0 aliphatic carbocycles. The van der Waals surface area contributed by atoms with Gasteiger partial charge in [-0.05, 0) is 6.42 Å². The molecule has 0 rings (SSSR count). The maximum Gasteiger partial charge on any atom is 1.00 e. The smallest absolute Gasteiger partial charge is 0.743 e. The normalized spacial score (nSPS) is 15.1. The van der Waals surface area contributed by atoms with Crippen molar-refractivity contribution in [2.24, 2.45) is 0 Å². The van der Waals surface area contributed by atoms with Crippen molar-refractivity contribution in [1.82, 2.24) is 0 Å². The van der Waals surface area contributed by atoms with Crippen LogP contribution in [-0.2, 0) is 10.1 Å². The Balaban J connectivity index is 0. The van der Waals surface area contributed by atoms with Crippen LogP contribution in [0.15, 0.2) is 0 Å². The van der Waals surface area contributed by atoms with Gasteiger partial charge in [0.1, 0.15) is 0 Å². The van der Waals surface area contributed by atoms with E-state index < -0.39 is 28.0 Å². The summed E-state index contributed by atoms with van der Waals surface area (Å²) in [6.07, 6.45) is -3.64. The van der Waals surface area contributed by atoms with Gasteiger partial charge in [-0.25, -0.2) is 12.8 Å². The Bertz CT molecular complexity index is 228. The first kappa shape index (κ1) is 15.2. The van der Waals surface area contributed by atoms with Gasteiger partial charge in [-0.1, -0.05) is 6.92 Å². The molecule has 0 saturated carbocycles. The van der Waals surface area contributed by atoms with Crippen LogP contribution in [0.3, 0.4) is 0 Å². The molecule has 3 nitrogen and oxygen atoms in total. The topological polar surface area (TPSA) is 57.2 Å². The zero-order valence-corrected chi connectivity index (χ0v) is 9.37. The van der Waals surface area contributed by atoms with Gasteiger partial charge in [0.2, 0.25) is 0 Å². The van der Waals surface area contributed by atoms with Crippen LogP contribution in [0.25, 0.3) is 0 Å². The Kier molecular flexibility index (Phi) is 6.08. The summed E-state index contributed by atoms with van der Waals surface area (Å²) in [5.41, 5.74) is 0. The quantitative estimate of drug-likeness (QED) is 0.398. The van der Waals surface area contributed by atoms with E-state index in [2.05, 4.69) is 0 Å². The minimum absolute atomic E-state index is 0. The summed E-state index contributed by atoms with van der Waals surface area (Å²) in [7, 11) is -5.87. The molecule has 0 amide bonds. The van der Waals surface area contributed by atoms with E-state index in [1.807, 2.05) is 0 Å². The monoisotopic (exact) mass is 214 g/mol. The van der Waals surface area contributed by atoms with E-state index >= 15 is 0 Å². The van der Waals surface area contributed by atoms with Crippen molar-refractivity contribution in [3.8, 4) is 0 Å². The summed E-state index contributed by atoms with van der Waals surface area (Å²) in [5.74, 6) is 0. The molecule has 68 valence electrons. The van der Waals surface area contributed by atoms with E-state index in [0.29, 0.717) is 0 Å². The first-order valence-electron chi connectivity index (χ1n) is 2.70. The third kappa shape index (κ3) is 3.21. The molecule has 1 unspecified atom stereocenters. The molecule has 0 heterocycles. The number of alkyl halides is 3. The van der Waals surface area contributed by atoms with Crippen LogP contribution < -0.4 is 29.6 Å². The molecule has 0 aromatic carbocycles. The summed E-state index contributed by atoms with van der Waals surface area (Å²) in [6.45, 7) is 1.02. The predicted octanol–water partition coefficient (Wildman–Crippen LogP) is -2.12. The van der Waals surface area contributed by atoms with Crippen molar-refractivity contribution in [3.63, 3.8) is 0 Å². The van der Waals surface area contributed by atoms with E-state index in [1.54, 1.807) is 0 Å². The van der Waals surface area contributed by atoms with E-state index in [1.165, 1.54) is 0 Å². The zero-order valence-electron chi connectivity index (χ0n) is 6.55. The van der Waals surface area contributed by atoms with E-state index in [9.17, 15) is 26.1 Å². The minimum atomic E-state index is -5.87. The molecule has 8 heteroatoms. The van der Waals surface area contributed by atoms with Gasteiger partial charge >= 0.3 is 34.8 Å². The van der Waals surface area contributed by atoms with Crippen molar-refractivity contribution in [1.29, 1.82) is 0 Å². The van der Waals surface area contributed by atoms with Crippen molar-refractivity contribution >= 4 is 10.1 Å². The largest absolute Gasteiger partial charge is 1.00 e. The van der Waals surface area contributed by atoms with Gasteiger partial charge in [0.05, 0.1) is 0 Å². The number of halogens is 3. The Morgan fingerprint density at radius 3 is 1.92 bits per heavy atom. The molecule has 0 radical (unpaired) electrons. The van der Waals surface area contributed by atoms with Crippen LogP contribution in [0.2, 0.25) is 0 Å². The predicted molar refractivity (Wildman–Crippen MR) is 29.8 cm³/mol. The maximum absolute atomic E-state index is 12.1. The molecule has 0 N–H and O–H groups in total. The molecule has 0 aromatic rings. The fraction of sp³-hybridized carbons (Fsp3) is 1.00. The van der Waals surface area contributed by atoms with Gasteiger partial charge < -0.3 is 4.55 Å². The summed E-state index contributed by atoms with van der Waals surface area (Å²) in [5, 5.41) is -4.80. The van der Waals surface area contributed by atoms with E-state index in [4.69, 9.17) is 0 Å². The second-order valence-electron chi connectivity index (χ2n) is 1.89. The molecule has 0 aliphatic rings. The average molecular weight is 214 g/mol. The van der Waals surface area contributed by atoms with Gasteiger partial charge in [0, 0.05) is 0 Å². The molecule has 0 spiro atoms. The minimum Gasteiger partial charge on any atom is -0.743 e. The van der Waals surface area contributed by atoms with Crippen LogP contribution in [0.5, 0.6) is 0 Å². The summed E-state index contributed by atoms with van der Waals surface area (Å²) in [6, 6.07) is 0. The third-order valence-corrected chi connectivity index (χ3v) is 1.98. The molecule has 1 atom stereocenters. The Hall–Kier alpha value is 0.700. The molecule has 0 bridgehead atoms. The van der Waals surface area contributed by atoms with Gasteiger partial charge in [0.25, 0.3) is 0 Å². The Morgan fingerprint density at radius 2 is 1.83 bits per heavy atom. The Labute approximate surface area is 90.4 Å². The molecular weight excluding hydrogens is 208 g/mol. The third-order valence-electron chi connectivity index (χ3n) is 1.06. The van der Waals surface area contributed by atoms with Crippen molar-refractivity contribution in [2.45, 2.75) is 24.8 Å². The number of rotatable bonds is 3. The van der Waals surface area contributed by atoms with Gasteiger partial charge in [-0.3, -0.25) is 0 Å². The van der Waals surface area contributed by atoms with Crippen molar-refractivity contribution < 1.29 is 55.7 Å². The Morgan fingerprint density at radius 1 is 1.50 bits per heavy atom. The first-order chi connectivity index (χ1) is 4.73. The summed E-state index contributed by atoms with van der Waals surface area (Å²) >= 11 is 0. The summed E-state index contributed by atoms with van der Waals surface area (Å²) in [4.78, 5) is 0. The standard InChI is InChI=1S/C4H7F3O3S.Na/c1-2-3(5)4(6,7)11(8,9)10;/h3H,2H2,1H3,(H,8,9,10);/q;+1/p-1. The fourth-order valence-electron chi connectivity index (χ4n) is 0.394. The molecule has 0 saturated heterocycles.